The molecular formula is C19H18BrClN2O3. The minimum absolute atomic E-state index is 0.262. The van der Waals surface area contributed by atoms with Crippen molar-refractivity contribution in [2.24, 2.45) is 0 Å². The smallest absolute Gasteiger partial charge is 0.261 e. The van der Waals surface area contributed by atoms with Crippen LogP contribution in [0.5, 0.6) is 11.5 Å². The number of nitriles is 1. The van der Waals surface area contributed by atoms with Gasteiger partial charge in [-0.3, -0.25) is 4.79 Å². The highest BCUT2D eigenvalue weighted by Gasteiger charge is 2.22. The summed E-state index contributed by atoms with van der Waals surface area (Å²) in [5.74, 6) is 0.706. The average molecular weight is 438 g/mol. The number of amides is 1. The first kappa shape index (κ1) is 20.1. The number of hydrogen-bond acceptors (Lipinski definition) is 4. The second-order valence-electron chi connectivity index (χ2n) is 5.41. The van der Waals surface area contributed by atoms with E-state index >= 15 is 0 Å². The maximum absolute atomic E-state index is 13.1. The van der Waals surface area contributed by atoms with E-state index in [1.807, 2.05) is 12.1 Å². The summed E-state index contributed by atoms with van der Waals surface area (Å²) in [5, 5.41) is 9.07. The van der Waals surface area contributed by atoms with Gasteiger partial charge >= 0.3 is 0 Å². The topological polar surface area (TPSA) is 62.6 Å². The Labute approximate surface area is 166 Å². The molecule has 26 heavy (non-hydrogen) atoms. The molecule has 0 saturated carbocycles. The van der Waals surface area contributed by atoms with E-state index in [-0.39, 0.29) is 5.91 Å². The van der Waals surface area contributed by atoms with Gasteiger partial charge < -0.3 is 14.4 Å². The molecule has 7 heteroatoms. The lowest BCUT2D eigenvalue weighted by Gasteiger charge is -2.21. The lowest BCUT2D eigenvalue weighted by Crippen LogP contribution is -2.27. The van der Waals surface area contributed by atoms with Crippen molar-refractivity contribution in [1.29, 1.82) is 5.26 Å². The van der Waals surface area contributed by atoms with Gasteiger partial charge in [-0.25, -0.2) is 0 Å². The van der Waals surface area contributed by atoms with Crippen LogP contribution >= 0.6 is 27.5 Å². The Morgan fingerprint density at radius 1 is 1.31 bits per heavy atom. The molecule has 0 bridgehead atoms. The molecule has 0 atom stereocenters. The number of halogens is 2. The highest BCUT2D eigenvalue weighted by Crippen LogP contribution is 2.34. The van der Waals surface area contributed by atoms with Crippen LogP contribution in [-0.4, -0.2) is 26.7 Å². The molecule has 2 aromatic rings. The average Bonchev–Trinajstić information content (AvgIpc) is 2.66. The summed E-state index contributed by atoms with van der Waals surface area (Å²) in [6, 6.07) is 12.6. The Balaban J connectivity index is 2.34. The number of unbranched alkanes of at least 4 members (excludes halogenated alkanes) is 1. The minimum atomic E-state index is -0.262. The van der Waals surface area contributed by atoms with Gasteiger partial charge in [0.25, 0.3) is 5.91 Å². The molecule has 0 radical (unpaired) electrons. The molecule has 0 aliphatic heterocycles. The first-order chi connectivity index (χ1) is 12.5. The summed E-state index contributed by atoms with van der Waals surface area (Å²) >= 11 is 9.50. The molecule has 136 valence electrons. The number of para-hydroxylation sites is 2. The Kier molecular flexibility index (Phi) is 7.31. The second-order valence-corrected chi connectivity index (χ2v) is 6.67. The van der Waals surface area contributed by atoms with Crippen molar-refractivity contribution in [3.05, 3.63) is 51.5 Å². The van der Waals surface area contributed by atoms with Crippen LogP contribution in [0.3, 0.4) is 0 Å². The van der Waals surface area contributed by atoms with Crippen molar-refractivity contribution >= 4 is 39.1 Å². The Morgan fingerprint density at radius 3 is 2.73 bits per heavy atom. The fraction of sp³-hybridized carbons (Fsp3) is 0.263. The SMILES string of the molecule is COc1ccccc1N(C)C(=O)c1cc(Br)c(Cl)cc1OCCCC#N. The summed E-state index contributed by atoms with van der Waals surface area (Å²) in [5.41, 5.74) is 1.01. The number of benzene rings is 2. The van der Waals surface area contributed by atoms with E-state index in [1.54, 1.807) is 38.4 Å². The molecule has 5 nitrogen and oxygen atoms in total. The molecule has 0 heterocycles. The zero-order valence-corrected chi connectivity index (χ0v) is 16.8. The van der Waals surface area contributed by atoms with Crippen molar-refractivity contribution in [3.63, 3.8) is 0 Å². The first-order valence-electron chi connectivity index (χ1n) is 7.89. The largest absolute Gasteiger partial charge is 0.495 e. The van der Waals surface area contributed by atoms with E-state index in [2.05, 4.69) is 22.0 Å². The highest BCUT2D eigenvalue weighted by atomic mass is 79.9. The summed E-state index contributed by atoms with van der Waals surface area (Å²) in [4.78, 5) is 14.6. The fourth-order valence-electron chi connectivity index (χ4n) is 2.35. The van der Waals surface area contributed by atoms with Crippen molar-refractivity contribution in [2.75, 3.05) is 25.7 Å². The number of anilines is 1. The van der Waals surface area contributed by atoms with Gasteiger partial charge in [-0.15, -0.1) is 0 Å². The summed E-state index contributed by atoms with van der Waals surface area (Å²) in [6.45, 7) is 0.324. The standard InChI is InChI=1S/C19H18BrClN2O3/c1-23(16-7-3-4-8-17(16)25-2)19(24)13-11-14(20)15(21)12-18(13)26-10-6-5-9-22/h3-4,7-8,11-12H,5-6,10H2,1-2H3. The normalized spacial score (nSPS) is 10.1. The predicted molar refractivity (Wildman–Crippen MR) is 105 cm³/mol. The van der Waals surface area contributed by atoms with E-state index in [0.29, 0.717) is 51.7 Å². The number of ether oxygens (including phenoxy) is 2. The number of hydrogen-bond donors (Lipinski definition) is 0. The van der Waals surface area contributed by atoms with Gasteiger partial charge in [0.2, 0.25) is 0 Å². The number of rotatable bonds is 7. The Morgan fingerprint density at radius 2 is 2.04 bits per heavy atom. The fourth-order valence-corrected chi connectivity index (χ4v) is 2.84. The lowest BCUT2D eigenvalue weighted by atomic mass is 10.1. The van der Waals surface area contributed by atoms with Gasteiger partial charge in [0.05, 0.1) is 36.1 Å². The van der Waals surface area contributed by atoms with Gasteiger partial charge in [-0.05, 0) is 40.5 Å². The number of carbonyl (C=O) groups excluding carboxylic acids is 1. The second kappa shape index (κ2) is 9.46. The molecule has 0 aliphatic carbocycles. The molecule has 2 rings (SSSR count). The molecule has 0 aromatic heterocycles. The molecule has 0 spiro atoms. The van der Waals surface area contributed by atoms with Gasteiger partial charge in [-0.2, -0.15) is 5.26 Å². The predicted octanol–water partition coefficient (Wildman–Crippen LogP) is 5.07. The van der Waals surface area contributed by atoms with E-state index < -0.39 is 0 Å². The van der Waals surface area contributed by atoms with Crippen LogP contribution in [-0.2, 0) is 0 Å². The van der Waals surface area contributed by atoms with Crippen LogP contribution in [0.15, 0.2) is 40.9 Å². The first-order valence-corrected chi connectivity index (χ1v) is 9.06. The van der Waals surface area contributed by atoms with E-state index in [4.69, 9.17) is 26.3 Å². The number of carbonyl (C=O) groups is 1. The summed E-state index contributed by atoms with van der Waals surface area (Å²) < 4.78 is 11.6. The third kappa shape index (κ3) is 4.69. The van der Waals surface area contributed by atoms with E-state index in [0.717, 1.165) is 0 Å². The summed E-state index contributed by atoms with van der Waals surface area (Å²) in [7, 11) is 3.22. The molecule has 0 fully saturated rings. The summed E-state index contributed by atoms with van der Waals surface area (Å²) in [6.07, 6.45) is 0.953. The van der Waals surface area contributed by atoms with E-state index in [9.17, 15) is 4.79 Å². The van der Waals surface area contributed by atoms with Crippen molar-refractivity contribution in [2.45, 2.75) is 12.8 Å². The maximum atomic E-state index is 13.1. The zero-order chi connectivity index (χ0) is 19.1. The monoisotopic (exact) mass is 436 g/mol. The molecule has 1 amide bonds. The third-order valence-corrected chi connectivity index (χ3v) is 4.89. The molecule has 0 N–H and O–H groups in total. The van der Waals surface area contributed by atoms with Crippen molar-refractivity contribution in [3.8, 4) is 17.6 Å². The van der Waals surface area contributed by atoms with Crippen LogP contribution in [0.4, 0.5) is 5.69 Å². The van der Waals surface area contributed by atoms with Crippen LogP contribution < -0.4 is 14.4 Å². The quantitative estimate of drug-likeness (QED) is 0.567. The lowest BCUT2D eigenvalue weighted by molar-refractivity contribution is 0.0988. The van der Waals surface area contributed by atoms with Crippen LogP contribution in [0.1, 0.15) is 23.2 Å². The number of methoxy groups -OCH3 is 1. The highest BCUT2D eigenvalue weighted by molar-refractivity contribution is 9.10. The van der Waals surface area contributed by atoms with Gasteiger partial charge in [-0.1, -0.05) is 23.7 Å². The molecular weight excluding hydrogens is 420 g/mol. The maximum Gasteiger partial charge on any atom is 0.261 e. The molecule has 0 unspecified atom stereocenters. The molecule has 2 aromatic carbocycles. The van der Waals surface area contributed by atoms with Crippen molar-refractivity contribution in [1.82, 2.24) is 0 Å². The third-order valence-electron chi connectivity index (χ3n) is 3.69. The van der Waals surface area contributed by atoms with Crippen molar-refractivity contribution < 1.29 is 14.3 Å². The zero-order valence-electron chi connectivity index (χ0n) is 14.5. The minimum Gasteiger partial charge on any atom is -0.495 e. The molecule has 0 aliphatic rings. The Hall–Kier alpha value is -2.23. The van der Waals surface area contributed by atoms with Gasteiger partial charge in [0, 0.05) is 24.0 Å². The molecule has 0 saturated heterocycles. The van der Waals surface area contributed by atoms with Crippen LogP contribution in [0.2, 0.25) is 5.02 Å². The van der Waals surface area contributed by atoms with E-state index in [1.165, 1.54) is 4.90 Å². The van der Waals surface area contributed by atoms with Gasteiger partial charge in [0.15, 0.2) is 0 Å². The number of nitrogens with zero attached hydrogens (tertiary/aromatic N) is 2. The van der Waals surface area contributed by atoms with Crippen LogP contribution in [0.25, 0.3) is 0 Å². The Bertz CT molecular complexity index is 836. The van der Waals surface area contributed by atoms with Gasteiger partial charge in [0.1, 0.15) is 11.5 Å². The van der Waals surface area contributed by atoms with Crippen LogP contribution in [0, 0.1) is 11.3 Å².